The minimum absolute atomic E-state index is 0.223. The van der Waals surface area contributed by atoms with Crippen molar-refractivity contribution in [1.82, 2.24) is 19.1 Å². The second-order valence-corrected chi connectivity index (χ2v) is 6.75. The standard InChI is InChI=1S/C19H24N4O4/c1-12(2)11-23-17-15(18(24)21-19(23)25)22(8-9-26-3)16(20-17)13-6-5-7-14(10-13)27-4/h5-7,10,12H,8-9,11H2,1-4H3,(H,21,24,25). The fourth-order valence-electron chi connectivity index (χ4n) is 3.09. The molecule has 8 nitrogen and oxygen atoms in total. The SMILES string of the molecule is COCCn1c(-c2cccc(OC)c2)nc2c1c(=O)[nH]c(=O)n2CC(C)C. The largest absolute Gasteiger partial charge is 0.497 e. The van der Waals surface area contributed by atoms with E-state index in [4.69, 9.17) is 9.47 Å². The Morgan fingerprint density at radius 2 is 1.96 bits per heavy atom. The maximum absolute atomic E-state index is 12.6. The lowest BCUT2D eigenvalue weighted by atomic mass is 10.2. The van der Waals surface area contributed by atoms with Crippen molar-refractivity contribution in [1.29, 1.82) is 0 Å². The van der Waals surface area contributed by atoms with Crippen LogP contribution in [0.3, 0.4) is 0 Å². The number of hydrogen-bond donors (Lipinski definition) is 1. The number of fused-ring (bicyclic) bond motifs is 1. The summed E-state index contributed by atoms with van der Waals surface area (Å²) in [7, 11) is 3.20. The van der Waals surface area contributed by atoms with E-state index in [0.29, 0.717) is 42.4 Å². The van der Waals surface area contributed by atoms with E-state index in [1.807, 2.05) is 38.1 Å². The third-order valence-corrected chi connectivity index (χ3v) is 4.28. The lowest BCUT2D eigenvalue weighted by molar-refractivity contribution is 0.188. The van der Waals surface area contributed by atoms with E-state index in [9.17, 15) is 9.59 Å². The van der Waals surface area contributed by atoms with Crippen LogP contribution in [-0.2, 0) is 17.8 Å². The van der Waals surface area contributed by atoms with Gasteiger partial charge in [0.2, 0.25) is 0 Å². The van der Waals surface area contributed by atoms with Crippen LogP contribution in [0.2, 0.25) is 0 Å². The number of aromatic nitrogens is 4. The molecule has 0 aliphatic heterocycles. The van der Waals surface area contributed by atoms with Crippen molar-refractivity contribution in [3.8, 4) is 17.1 Å². The Hall–Kier alpha value is -2.87. The molecule has 27 heavy (non-hydrogen) atoms. The molecule has 8 heteroatoms. The lowest BCUT2D eigenvalue weighted by Crippen LogP contribution is -2.32. The van der Waals surface area contributed by atoms with Gasteiger partial charge in [0.05, 0.1) is 13.7 Å². The highest BCUT2D eigenvalue weighted by atomic mass is 16.5. The molecule has 0 atom stereocenters. The van der Waals surface area contributed by atoms with Crippen LogP contribution in [0, 0.1) is 5.92 Å². The molecule has 1 aromatic carbocycles. The molecule has 2 heterocycles. The van der Waals surface area contributed by atoms with Crippen molar-refractivity contribution in [3.63, 3.8) is 0 Å². The topological polar surface area (TPSA) is 91.1 Å². The average Bonchev–Trinajstić information content (AvgIpc) is 3.03. The van der Waals surface area contributed by atoms with Gasteiger partial charge < -0.3 is 14.0 Å². The first-order valence-corrected chi connectivity index (χ1v) is 8.83. The van der Waals surface area contributed by atoms with E-state index in [0.717, 1.165) is 5.56 Å². The highest BCUT2D eigenvalue weighted by molar-refractivity contribution is 5.77. The molecule has 0 unspecified atom stereocenters. The normalized spacial score (nSPS) is 11.4. The summed E-state index contributed by atoms with van der Waals surface area (Å²) in [4.78, 5) is 32.1. The number of methoxy groups -OCH3 is 2. The maximum atomic E-state index is 12.6. The molecule has 0 aliphatic rings. The molecule has 3 rings (SSSR count). The summed E-state index contributed by atoms with van der Waals surface area (Å²) in [5.74, 6) is 1.50. The first kappa shape index (κ1) is 18.9. The first-order valence-electron chi connectivity index (χ1n) is 8.83. The Bertz CT molecular complexity index is 1060. The van der Waals surface area contributed by atoms with Crippen LogP contribution in [0.1, 0.15) is 13.8 Å². The number of hydrogen-bond acceptors (Lipinski definition) is 5. The number of aromatic amines is 1. The van der Waals surface area contributed by atoms with Gasteiger partial charge in [0.15, 0.2) is 11.2 Å². The number of ether oxygens (including phenoxy) is 2. The average molecular weight is 372 g/mol. The quantitative estimate of drug-likeness (QED) is 0.684. The fourth-order valence-corrected chi connectivity index (χ4v) is 3.09. The summed E-state index contributed by atoms with van der Waals surface area (Å²) >= 11 is 0. The molecule has 0 aliphatic carbocycles. The van der Waals surface area contributed by atoms with Crippen molar-refractivity contribution < 1.29 is 9.47 Å². The van der Waals surface area contributed by atoms with Gasteiger partial charge in [0.25, 0.3) is 5.56 Å². The predicted octanol–water partition coefficient (Wildman–Crippen LogP) is 1.86. The molecular formula is C19H24N4O4. The Morgan fingerprint density at radius 3 is 2.63 bits per heavy atom. The molecule has 3 aromatic rings. The predicted molar refractivity (Wildman–Crippen MR) is 103 cm³/mol. The Balaban J connectivity index is 2.33. The van der Waals surface area contributed by atoms with Crippen molar-refractivity contribution >= 4 is 11.2 Å². The monoisotopic (exact) mass is 372 g/mol. The number of rotatable bonds is 7. The number of nitrogens with zero attached hydrogens (tertiary/aromatic N) is 3. The Morgan fingerprint density at radius 1 is 1.19 bits per heavy atom. The number of H-pyrrole nitrogens is 1. The van der Waals surface area contributed by atoms with Gasteiger partial charge in [0.1, 0.15) is 11.6 Å². The minimum Gasteiger partial charge on any atom is -0.497 e. The molecule has 0 saturated carbocycles. The summed E-state index contributed by atoms with van der Waals surface area (Å²) in [6.45, 7) is 5.32. The zero-order valence-corrected chi connectivity index (χ0v) is 16.0. The van der Waals surface area contributed by atoms with Gasteiger partial charge in [0, 0.05) is 25.8 Å². The second kappa shape index (κ2) is 7.79. The summed E-state index contributed by atoms with van der Waals surface area (Å²) < 4.78 is 13.8. The molecule has 2 aromatic heterocycles. The molecule has 0 bridgehead atoms. The van der Waals surface area contributed by atoms with Gasteiger partial charge >= 0.3 is 5.69 Å². The number of benzene rings is 1. The van der Waals surface area contributed by atoms with Crippen LogP contribution < -0.4 is 16.0 Å². The number of imidazole rings is 1. The van der Waals surface area contributed by atoms with E-state index in [2.05, 4.69) is 9.97 Å². The minimum atomic E-state index is -0.451. The third-order valence-electron chi connectivity index (χ3n) is 4.28. The van der Waals surface area contributed by atoms with E-state index < -0.39 is 11.2 Å². The van der Waals surface area contributed by atoms with Gasteiger partial charge in [-0.25, -0.2) is 9.78 Å². The Labute approximate surface area is 156 Å². The highest BCUT2D eigenvalue weighted by Crippen LogP contribution is 2.26. The fraction of sp³-hybridized carbons (Fsp3) is 0.421. The molecule has 0 saturated heterocycles. The van der Waals surface area contributed by atoms with E-state index in [-0.39, 0.29) is 5.92 Å². The third kappa shape index (κ3) is 3.66. The van der Waals surface area contributed by atoms with E-state index in [1.54, 1.807) is 18.8 Å². The molecule has 0 amide bonds. The molecule has 0 spiro atoms. The van der Waals surface area contributed by atoms with Gasteiger partial charge in [-0.2, -0.15) is 0 Å². The number of nitrogens with one attached hydrogen (secondary N) is 1. The summed E-state index contributed by atoms with van der Waals surface area (Å²) in [5, 5.41) is 0. The summed E-state index contributed by atoms with van der Waals surface area (Å²) in [6, 6.07) is 7.45. The maximum Gasteiger partial charge on any atom is 0.330 e. The highest BCUT2D eigenvalue weighted by Gasteiger charge is 2.20. The smallest absolute Gasteiger partial charge is 0.330 e. The zero-order valence-electron chi connectivity index (χ0n) is 16.0. The van der Waals surface area contributed by atoms with Crippen molar-refractivity contribution in [2.45, 2.75) is 26.9 Å². The zero-order chi connectivity index (χ0) is 19.6. The van der Waals surface area contributed by atoms with Crippen LogP contribution in [0.15, 0.2) is 33.9 Å². The van der Waals surface area contributed by atoms with Crippen molar-refractivity contribution in [2.24, 2.45) is 5.92 Å². The summed E-state index contributed by atoms with van der Waals surface area (Å²) in [6.07, 6.45) is 0. The molecule has 144 valence electrons. The van der Waals surface area contributed by atoms with Crippen molar-refractivity contribution in [3.05, 3.63) is 45.1 Å². The van der Waals surface area contributed by atoms with Crippen LogP contribution in [0.4, 0.5) is 0 Å². The van der Waals surface area contributed by atoms with Crippen LogP contribution >= 0.6 is 0 Å². The van der Waals surface area contributed by atoms with Crippen LogP contribution in [0.5, 0.6) is 5.75 Å². The van der Waals surface area contributed by atoms with Gasteiger partial charge in [-0.3, -0.25) is 14.3 Å². The summed E-state index contributed by atoms with van der Waals surface area (Å²) in [5.41, 5.74) is 0.642. The lowest BCUT2D eigenvalue weighted by Gasteiger charge is -2.10. The molecule has 0 fully saturated rings. The van der Waals surface area contributed by atoms with Crippen LogP contribution in [0.25, 0.3) is 22.6 Å². The van der Waals surface area contributed by atoms with Crippen LogP contribution in [-0.4, -0.2) is 39.9 Å². The first-order chi connectivity index (χ1) is 13.0. The second-order valence-electron chi connectivity index (χ2n) is 6.75. The van der Waals surface area contributed by atoms with Crippen molar-refractivity contribution in [2.75, 3.05) is 20.8 Å². The van der Waals surface area contributed by atoms with E-state index >= 15 is 0 Å². The van der Waals surface area contributed by atoms with Gasteiger partial charge in [-0.05, 0) is 18.1 Å². The Kier molecular flexibility index (Phi) is 5.46. The van der Waals surface area contributed by atoms with E-state index in [1.165, 1.54) is 4.57 Å². The molecule has 1 N–H and O–H groups in total. The molecule has 0 radical (unpaired) electrons. The van der Waals surface area contributed by atoms with Gasteiger partial charge in [-0.1, -0.05) is 26.0 Å². The molecular weight excluding hydrogens is 348 g/mol. The van der Waals surface area contributed by atoms with Gasteiger partial charge in [-0.15, -0.1) is 0 Å².